The molecule has 1 unspecified atom stereocenters. The molecule has 2 rings (SSSR count). The maximum atomic E-state index is 6.05. The number of halogens is 1. The van der Waals surface area contributed by atoms with Gasteiger partial charge in [0, 0.05) is 11.1 Å². The van der Waals surface area contributed by atoms with Crippen LogP contribution in [0.2, 0.25) is 5.02 Å². The summed E-state index contributed by atoms with van der Waals surface area (Å²) in [4.78, 5) is 0. The van der Waals surface area contributed by atoms with Crippen LogP contribution in [0.5, 0.6) is 0 Å². The predicted molar refractivity (Wildman–Crippen MR) is 51.5 cm³/mol. The lowest BCUT2D eigenvalue weighted by Gasteiger charge is -2.21. The molecule has 0 spiro atoms. The summed E-state index contributed by atoms with van der Waals surface area (Å²) < 4.78 is 0. The van der Waals surface area contributed by atoms with Crippen molar-refractivity contribution in [3.8, 4) is 0 Å². The zero-order valence-corrected chi connectivity index (χ0v) is 7.64. The summed E-state index contributed by atoms with van der Waals surface area (Å²) in [6, 6.07) is 6.41. The Labute approximate surface area is 77.5 Å². The summed E-state index contributed by atoms with van der Waals surface area (Å²) >= 11 is 6.05. The third-order valence-corrected chi connectivity index (χ3v) is 2.82. The zero-order valence-electron chi connectivity index (χ0n) is 6.89. The van der Waals surface area contributed by atoms with Crippen molar-refractivity contribution < 1.29 is 0 Å². The molecule has 1 aliphatic rings. The highest BCUT2D eigenvalue weighted by Crippen LogP contribution is 2.26. The summed E-state index contributed by atoms with van der Waals surface area (Å²) in [6.07, 6.45) is 3.09. The van der Waals surface area contributed by atoms with E-state index in [0.29, 0.717) is 6.04 Å². The van der Waals surface area contributed by atoms with Crippen molar-refractivity contribution >= 4 is 11.6 Å². The fourth-order valence-electron chi connectivity index (χ4n) is 1.79. The number of nitrogens with two attached hydrogens (primary N) is 1. The van der Waals surface area contributed by atoms with Crippen LogP contribution in [0.3, 0.4) is 0 Å². The molecule has 1 nitrogen and oxygen atoms in total. The summed E-state index contributed by atoms with van der Waals surface area (Å²) in [7, 11) is 0. The first kappa shape index (κ1) is 8.09. The molecule has 1 aliphatic carbocycles. The molecule has 64 valence electrons. The van der Waals surface area contributed by atoms with Gasteiger partial charge in [0.2, 0.25) is 0 Å². The van der Waals surface area contributed by atoms with Crippen LogP contribution in [0.15, 0.2) is 18.2 Å². The molecule has 0 aliphatic heterocycles. The molecule has 0 saturated heterocycles. The van der Waals surface area contributed by atoms with Crippen molar-refractivity contribution in [3.63, 3.8) is 0 Å². The standard InChI is InChI=1S/C10H12ClN/c11-10-3-1-2-7-6-8(12)4-5-9(7)10/h1-3,8H,4-6,12H2. The molecular weight excluding hydrogens is 170 g/mol. The Morgan fingerprint density at radius 2 is 2.25 bits per heavy atom. The first-order valence-corrected chi connectivity index (χ1v) is 4.67. The molecule has 0 radical (unpaired) electrons. The van der Waals surface area contributed by atoms with Crippen LogP contribution < -0.4 is 5.73 Å². The van der Waals surface area contributed by atoms with Crippen LogP contribution in [-0.4, -0.2) is 6.04 Å². The maximum absolute atomic E-state index is 6.05. The van der Waals surface area contributed by atoms with Crippen molar-refractivity contribution in [2.75, 3.05) is 0 Å². The molecule has 0 bridgehead atoms. The number of hydrogen-bond acceptors (Lipinski definition) is 1. The van der Waals surface area contributed by atoms with Crippen LogP contribution in [0.1, 0.15) is 17.5 Å². The summed E-state index contributed by atoms with van der Waals surface area (Å²) in [5, 5.41) is 0.902. The summed E-state index contributed by atoms with van der Waals surface area (Å²) in [5.41, 5.74) is 8.50. The Morgan fingerprint density at radius 1 is 1.42 bits per heavy atom. The van der Waals surface area contributed by atoms with Crippen molar-refractivity contribution in [3.05, 3.63) is 34.3 Å². The summed E-state index contributed by atoms with van der Waals surface area (Å²) in [5.74, 6) is 0. The van der Waals surface area contributed by atoms with E-state index in [0.717, 1.165) is 24.3 Å². The zero-order chi connectivity index (χ0) is 8.55. The lowest BCUT2D eigenvalue weighted by molar-refractivity contribution is 0.576. The lowest BCUT2D eigenvalue weighted by atomic mass is 9.89. The third kappa shape index (κ3) is 1.35. The first-order valence-electron chi connectivity index (χ1n) is 4.29. The second-order valence-corrected chi connectivity index (χ2v) is 3.79. The molecule has 1 aromatic rings. The predicted octanol–water partition coefficient (Wildman–Crippen LogP) is 2.16. The molecule has 0 heterocycles. The monoisotopic (exact) mass is 181 g/mol. The molecule has 0 aromatic heterocycles. The van der Waals surface area contributed by atoms with Gasteiger partial charge in [0.1, 0.15) is 0 Å². The average Bonchev–Trinajstić information content (AvgIpc) is 2.04. The Hall–Kier alpha value is -0.530. The fraction of sp³-hybridized carbons (Fsp3) is 0.400. The second kappa shape index (κ2) is 3.08. The van der Waals surface area contributed by atoms with Gasteiger partial charge in [-0.25, -0.2) is 0 Å². The molecule has 0 fully saturated rings. The number of hydrogen-bond donors (Lipinski definition) is 1. The van der Waals surface area contributed by atoms with Crippen molar-refractivity contribution in [1.29, 1.82) is 0 Å². The SMILES string of the molecule is NC1CCc2c(Cl)cccc2C1. The van der Waals surface area contributed by atoms with Gasteiger partial charge in [0.15, 0.2) is 0 Å². The summed E-state index contributed by atoms with van der Waals surface area (Å²) in [6.45, 7) is 0. The third-order valence-electron chi connectivity index (χ3n) is 2.46. The molecule has 2 heteroatoms. The van der Waals surface area contributed by atoms with E-state index in [1.165, 1.54) is 11.1 Å². The number of fused-ring (bicyclic) bond motifs is 1. The van der Waals surface area contributed by atoms with Crippen molar-refractivity contribution in [2.45, 2.75) is 25.3 Å². The van der Waals surface area contributed by atoms with Gasteiger partial charge in [0.05, 0.1) is 0 Å². The molecule has 12 heavy (non-hydrogen) atoms. The van der Waals surface area contributed by atoms with E-state index >= 15 is 0 Å². The largest absolute Gasteiger partial charge is 0.327 e. The van der Waals surface area contributed by atoms with E-state index in [1.54, 1.807) is 0 Å². The molecule has 0 amide bonds. The highest BCUT2D eigenvalue weighted by Gasteiger charge is 2.16. The minimum absolute atomic E-state index is 0.330. The Morgan fingerprint density at radius 3 is 3.08 bits per heavy atom. The van der Waals surface area contributed by atoms with Crippen LogP contribution in [0.4, 0.5) is 0 Å². The van der Waals surface area contributed by atoms with Crippen LogP contribution >= 0.6 is 11.6 Å². The molecule has 1 aromatic carbocycles. The second-order valence-electron chi connectivity index (χ2n) is 3.38. The van der Waals surface area contributed by atoms with Crippen LogP contribution in [0.25, 0.3) is 0 Å². The highest BCUT2D eigenvalue weighted by atomic mass is 35.5. The Kier molecular flexibility index (Phi) is 2.07. The van der Waals surface area contributed by atoms with E-state index in [1.807, 2.05) is 12.1 Å². The van der Waals surface area contributed by atoms with Crippen LogP contribution in [-0.2, 0) is 12.8 Å². The Bertz CT molecular complexity index is 296. The number of benzene rings is 1. The van der Waals surface area contributed by atoms with E-state index in [2.05, 4.69) is 6.07 Å². The van der Waals surface area contributed by atoms with Crippen LogP contribution in [0, 0.1) is 0 Å². The number of rotatable bonds is 0. The minimum atomic E-state index is 0.330. The average molecular weight is 182 g/mol. The molecule has 0 saturated carbocycles. The smallest absolute Gasteiger partial charge is 0.0440 e. The van der Waals surface area contributed by atoms with Gasteiger partial charge in [-0.1, -0.05) is 23.7 Å². The van der Waals surface area contributed by atoms with Gasteiger partial charge >= 0.3 is 0 Å². The van der Waals surface area contributed by atoms with Crippen molar-refractivity contribution in [1.82, 2.24) is 0 Å². The van der Waals surface area contributed by atoms with Gasteiger partial charge in [-0.15, -0.1) is 0 Å². The maximum Gasteiger partial charge on any atom is 0.0440 e. The van der Waals surface area contributed by atoms with Gasteiger partial charge in [0.25, 0.3) is 0 Å². The van der Waals surface area contributed by atoms with E-state index in [4.69, 9.17) is 17.3 Å². The fourth-order valence-corrected chi connectivity index (χ4v) is 2.08. The van der Waals surface area contributed by atoms with Gasteiger partial charge in [-0.2, -0.15) is 0 Å². The van der Waals surface area contributed by atoms with Gasteiger partial charge in [-0.05, 0) is 36.5 Å². The topological polar surface area (TPSA) is 26.0 Å². The van der Waals surface area contributed by atoms with Crippen molar-refractivity contribution in [2.24, 2.45) is 5.73 Å². The molecule has 2 N–H and O–H groups in total. The normalized spacial score (nSPS) is 22.0. The van der Waals surface area contributed by atoms with E-state index < -0.39 is 0 Å². The highest BCUT2D eigenvalue weighted by molar-refractivity contribution is 6.31. The van der Waals surface area contributed by atoms with Gasteiger partial charge < -0.3 is 5.73 Å². The quantitative estimate of drug-likeness (QED) is 0.652. The van der Waals surface area contributed by atoms with E-state index in [9.17, 15) is 0 Å². The Balaban J connectivity index is 2.42. The lowest BCUT2D eigenvalue weighted by Crippen LogP contribution is -2.27. The van der Waals surface area contributed by atoms with Gasteiger partial charge in [-0.3, -0.25) is 0 Å². The van der Waals surface area contributed by atoms with E-state index in [-0.39, 0.29) is 0 Å². The molecule has 1 atom stereocenters. The first-order chi connectivity index (χ1) is 5.77. The minimum Gasteiger partial charge on any atom is -0.327 e. The molecular formula is C10H12ClN.